The van der Waals surface area contributed by atoms with Crippen molar-refractivity contribution >= 4 is 56.2 Å². The molecule has 0 N–H and O–H groups in total. The summed E-state index contributed by atoms with van der Waals surface area (Å²) in [5.74, 6) is 0.934. The Morgan fingerprint density at radius 3 is 1.33 bits per heavy atom. The smallest absolute Gasteiger partial charge is 0.346 e. The van der Waals surface area contributed by atoms with Gasteiger partial charge in [-0.1, -0.05) is 140 Å². The molecule has 0 saturated heterocycles. The van der Waals surface area contributed by atoms with Gasteiger partial charge < -0.3 is 4.43 Å². The molecule has 0 atom stereocenters. The summed E-state index contributed by atoms with van der Waals surface area (Å²) in [6.45, 7) is 0. The molecule has 0 spiro atoms. The Balaban J connectivity index is 1.55. The summed E-state index contributed by atoms with van der Waals surface area (Å²) in [4.78, 5) is 0. The second-order valence-electron chi connectivity index (χ2n) is 9.30. The summed E-state index contributed by atoms with van der Waals surface area (Å²) in [6.07, 6.45) is 0. The molecule has 7 aromatic carbocycles. The van der Waals surface area contributed by atoms with Crippen molar-refractivity contribution in [3.05, 3.63) is 146 Å². The molecule has 36 heavy (non-hydrogen) atoms. The van der Waals surface area contributed by atoms with E-state index in [9.17, 15) is 0 Å². The van der Waals surface area contributed by atoms with E-state index in [1.54, 1.807) is 0 Å². The lowest BCUT2D eigenvalue weighted by Crippen LogP contribution is -2.71. The lowest BCUT2D eigenvalue weighted by atomic mass is 9.94. The molecule has 7 aromatic rings. The first kappa shape index (κ1) is 20.9. The maximum Gasteiger partial charge on any atom is 0.346 e. The average molecular weight is 477 g/mol. The van der Waals surface area contributed by atoms with Crippen molar-refractivity contribution in [2.75, 3.05) is 0 Å². The molecule has 0 fully saturated rings. The van der Waals surface area contributed by atoms with Crippen LogP contribution in [0.1, 0.15) is 0 Å². The Kier molecular flexibility index (Phi) is 4.86. The van der Waals surface area contributed by atoms with Crippen LogP contribution in [0.3, 0.4) is 0 Å². The van der Waals surface area contributed by atoms with Gasteiger partial charge in [0.05, 0.1) is 0 Å². The van der Waals surface area contributed by atoms with E-state index >= 15 is 0 Å². The van der Waals surface area contributed by atoms with E-state index in [0.717, 1.165) is 11.1 Å². The van der Waals surface area contributed by atoms with Crippen LogP contribution in [-0.2, 0) is 0 Å². The Morgan fingerprint density at radius 1 is 0.361 bits per heavy atom. The van der Waals surface area contributed by atoms with Crippen molar-refractivity contribution in [2.45, 2.75) is 0 Å². The van der Waals surface area contributed by atoms with Crippen LogP contribution in [0.5, 0.6) is 5.75 Å². The first-order chi connectivity index (χ1) is 17.8. The van der Waals surface area contributed by atoms with E-state index in [2.05, 4.69) is 146 Å². The quantitative estimate of drug-likeness (QED) is 0.154. The van der Waals surface area contributed by atoms with E-state index in [-0.39, 0.29) is 0 Å². The average Bonchev–Trinajstić information content (AvgIpc) is 2.96. The highest BCUT2D eigenvalue weighted by atomic mass is 28.4. The van der Waals surface area contributed by atoms with Gasteiger partial charge in [-0.05, 0) is 43.2 Å². The molecule has 0 unspecified atom stereocenters. The van der Waals surface area contributed by atoms with Gasteiger partial charge in [0.25, 0.3) is 0 Å². The highest BCUT2D eigenvalue weighted by Crippen LogP contribution is 2.39. The summed E-state index contributed by atoms with van der Waals surface area (Å²) in [6, 6.07) is 52.1. The first-order valence-electron chi connectivity index (χ1n) is 12.4. The maximum atomic E-state index is 7.46. The molecule has 170 valence electrons. The number of benzene rings is 7. The Labute approximate surface area is 211 Å². The van der Waals surface area contributed by atoms with Crippen molar-refractivity contribution < 1.29 is 4.43 Å². The van der Waals surface area contributed by atoms with E-state index in [0.29, 0.717) is 0 Å². The minimum Gasteiger partial charge on any atom is -0.530 e. The number of rotatable bonds is 5. The number of hydrogen-bond donors (Lipinski definition) is 0. The standard InChI is InChI=1S/C34H24OSi/c1-4-13-28(14-5-1)36(29-15-6-2-7-16-29,30-17-8-3-9-18-30)35-32-24-22-27-20-19-25-11-10-12-26-21-23-31(32)34(27)33(25)26/h1-24H. The molecule has 0 heterocycles. The van der Waals surface area contributed by atoms with Crippen LogP contribution >= 0.6 is 0 Å². The molecule has 0 radical (unpaired) electrons. The van der Waals surface area contributed by atoms with Crippen molar-refractivity contribution in [1.29, 1.82) is 0 Å². The summed E-state index contributed by atoms with van der Waals surface area (Å²) >= 11 is 0. The Bertz CT molecular complexity index is 1680. The summed E-state index contributed by atoms with van der Waals surface area (Å²) in [5, 5.41) is 11.2. The Morgan fingerprint density at radius 2 is 0.806 bits per heavy atom. The van der Waals surface area contributed by atoms with Crippen LogP contribution in [0.4, 0.5) is 0 Å². The maximum absolute atomic E-state index is 7.46. The van der Waals surface area contributed by atoms with Crippen molar-refractivity contribution in [2.24, 2.45) is 0 Å². The van der Waals surface area contributed by atoms with E-state index in [4.69, 9.17) is 4.43 Å². The summed E-state index contributed by atoms with van der Waals surface area (Å²) < 4.78 is 7.46. The first-order valence-corrected chi connectivity index (χ1v) is 14.3. The normalized spacial score (nSPS) is 11.9. The summed E-state index contributed by atoms with van der Waals surface area (Å²) in [5.41, 5.74) is 0. The molecule has 0 bridgehead atoms. The molecule has 2 heteroatoms. The minimum atomic E-state index is -2.88. The molecule has 1 nitrogen and oxygen atoms in total. The third-order valence-corrected chi connectivity index (χ3v) is 11.3. The lowest BCUT2D eigenvalue weighted by molar-refractivity contribution is 0.584. The Hall–Kier alpha value is -4.40. The second-order valence-corrected chi connectivity index (χ2v) is 12.6. The van der Waals surface area contributed by atoms with Gasteiger partial charge in [0, 0.05) is 10.8 Å². The fraction of sp³-hybridized carbons (Fsp3) is 0. The van der Waals surface area contributed by atoms with Crippen molar-refractivity contribution in [1.82, 2.24) is 0 Å². The molecule has 0 aliphatic rings. The third kappa shape index (κ3) is 3.15. The van der Waals surface area contributed by atoms with Crippen LogP contribution in [0.2, 0.25) is 0 Å². The third-order valence-electron chi connectivity index (χ3n) is 7.29. The van der Waals surface area contributed by atoms with Crippen molar-refractivity contribution in [3.63, 3.8) is 0 Å². The molecule has 0 saturated carbocycles. The van der Waals surface area contributed by atoms with E-state index < -0.39 is 8.32 Å². The van der Waals surface area contributed by atoms with Crippen molar-refractivity contribution in [3.8, 4) is 5.75 Å². The molecule has 0 amide bonds. The highest BCUT2D eigenvalue weighted by Gasteiger charge is 2.44. The topological polar surface area (TPSA) is 9.23 Å². The van der Waals surface area contributed by atoms with Crippen LogP contribution in [0, 0.1) is 0 Å². The SMILES string of the molecule is c1ccc([Si](Oc2ccc3ccc4cccc5ccc2c3c45)(c2ccccc2)c2ccccc2)cc1. The zero-order chi connectivity index (χ0) is 24.0. The highest BCUT2D eigenvalue weighted by molar-refractivity contribution is 7.07. The van der Waals surface area contributed by atoms with Gasteiger partial charge in [0.15, 0.2) is 0 Å². The van der Waals surface area contributed by atoms with Gasteiger partial charge in [0.1, 0.15) is 5.75 Å². The molecular formula is C34H24OSi. The molecule has 0 aromatic heterocycles. The van der Waals surface area contributed by atoms with Gasteiger partial charge >= 0.3 is 8.32 Å². The number of hydrogen-bond acceptors (Lipinski definition) is 1. The second kappa shape index (κ2) is 8.37. The largest absolute Gasteiger partial charge is 0.530 e. The zero-order valence-corrected chi connectivity index (χ0v) is 20.8. The van der Waals surface area contributed by atoms with E-state index in [1.807, 2.05) is 0 Å². The monoisotopic (exact) mass is 476 g/mol. The molecule has 0 aliphatic carbocycles. The molecular weight excluding hydrogens is 452 g/mol. The minimum absolute atomic E-state index is 0.934. The van der Waals surface area contributed by atoms with Crippen LogP contribution in [0.15, 0.2) is 146 Å². The molecule has 7 rings (SSSR count). The summed E-state index contributed by atoms with van der Waals surface area (Å²) in [7, 11) is -2.88. The lowest BCUT2D eigenvalue weighted by Gasteiger charge is -2.34. The van der Waals surface area contributed by atoms with E-state index in [1.165, 1.54) is 42.5 Å². The van der Waals surface area contributed by atoms with Crippen LogP contribution in [0.25, 0.3) is 32.3 Å². The predicted octanol–water partition coefficient (Wildman–Crippen LogP) is 6.63. The fourth-order valence-electron chi connectivity index (χ4n) is 5.66. The van der Waals surface area contributed by atoms with Crippen LogP contribution in [-0.4, -0.2) is 8.32 Å². The zero-order valence-electron chi connectivity index (χ0n) is 19.8. The van der Waals surface area contributed by atoms with Gasteiger partial charge in [-0.25, -0.2) is 0 Å². The predicted molar refractivity (Wildman–Crippen MR) is 155 cm³/mol. The molecule has 0 aliphatic heterocycles. The van der Waals surface area contributed by atoms with Gasteiger partial charge in [0.2, 0.25) is 0 Å². The fourth-order valence-corrected chi connectivity index (χ4v) is 9.50. The van der Waals surface area contributed by atoms with Gasteiger partial charge in [-0.3, -0.25) is 0 Å². The van der Waals surface area contributed by atoms with Gasteiger partial charge in [-0.2, -0.15) is 0 Å². The van der Waals surface area contributed by atoms with Gasteiger partial charge in [-0.15, -0.1) is 0 Å². The van der Waals surface area contributed by atoms with Crippen LogP contribution < -0.4 is 20.0 Å².